The molecule has 0 aromatic carbocycles. The van der Waals surface area contributed by atoms with Crippen LogP contribution in [0.25, 0.3) is 0 Å². The van der Waals surface area contributed by atoms with Gasteiger partial charge >= 0.3 is 10.3 Å². The molecule has 0 saturated carbocycles. The highest BCUT2D eigenvalue weighted by atomic mass is 32.2. The molecule has 66 valence electrons. The van der Waals surface area contributed by atoms with E-state index in [1.54, 1.807) is 0 Å². The molecule has 1 aliphatic rings. The SMILES string of the molecule is O=S(=O)(O)N1CCCCC1O. The van der Waals surface area contributed by atoms with Gasteiger partial charge in [-0.25, -0.2) is 0 Å². The third kappa shape index (κ3) is 2.13. The minimum Gasteiger partial charge on any atom is -0.377 e. The predicted molar refractivity (Wildman–Crippen MR) is 38.1 cm³/mol. The molecule has 5 nitrogen and oxygen atoms in total. The predicted octanol–water partition coefficient (Wildman–Crippen LogP) is -0.407. The van der Waals surface area contributed by atoms with Gasteiger partial charge in [0, 0.05) is 6.54 Å². The van der Waals surface area contributed by atoms with Crippen molar-refractivity contribution in [3.63, 3.8) is 0 Å². The molecule has 11 heavy (non-hydrogen) atoms. The third-order valence-corrected chi connectivity index (χ3v) is 2.74. The number of aliphatic hydroxyl groups is 1. The second-order valence-electron chi connectivity index (χ2n) is 2.56. The highest BCUT2D eigenvalue weighted by Gasteiger charge is 2.28. The fraction of sp³-hybridized carbons (Fsp3) is 1.00. The van der Waals surface area contributed by atoms with Crippen LogP contribution in [0.2, 0.25) is 0 Å². The van der Waals surface area contributed by atoms with Crippen LogP contribution < -0.4 is 0 Å². The number of piperidine rings is 1. The Balaban J connectivity index is 2.70. The Morgan fingerprint density at radius 2 is 2.00 bits per heavy atom. The van der Waals surface area contributed by atoms with Crippen LogP contribution in [0.15, 0.2) is 0 Å². The maximum atomic E-state index is 10.5. The molecule has 1 fully saturated rings. The standard InChI is InChI=1S/C5H11NO4S/c7-5-3-1-2-4-6(5)11(8,9)10/h5,7H,1-4H2,(H,8,9,10). The Kier molecular flexibility index (Phi) is 2.48. The first-order valence-corrected chi connectivity index (χ1v) is 4.84. The lowest BCUT2D eigenvalue weighted by molar-refractivity contribution is 0.0277. The van der Waals surface area contributed by atoms with E-state index >= 15 is 0 Å². The highest BCUT2D eigenvalue weighted by Crippen LogP contribution is 2.16. The zero-order valence-corrected chi connectivity index (χ0v) is 6.79. The lowest BCUT2D eigenvalue weighted by Crippen LogP contribution is -2.43. The average Bonchev–Trinajstić information content (AvgIpc) is 1.86. The van der Waals surface area contributed by atoms with E-state index in [0.29, 0.717) is 17.1 Å². The van der Waals surface area contributed by atoms with E-state index in [1.807, 2.05) is 0 Å². The normalized spacial score (nSPS) is 28.7. The fourth-order valence-corrected chi connectivity index (χ4v) is 1.93. The second-order valence-corrected chi connectivity index (χ2v) is 3.93. The molecule has 0 bridgehead atoms. The van der Waals surface area contributed by atoms with Gasteiger partial charge in [-0.15, -0.1) is 0 Å². The fourth-order valence-electron chi connectivity index (χ4n) is 1.16. The van der Waals surface area contributed by atoms with Gasteiger partial charge in [-0.2, -0.15) is 12.7 Å². The highest BCUT2D eigenvalue weighted by molar-refractivity contribution is 7.83. The zero-order valence-electron chi connectivity index (χ0n) is 5.97. The summed E-state index contributed by atoms with van der Waals surface area (Å²) in [6, 6.07) is 0. The number of rotatable bonds is 1. The van der Waals surface area contributed by atoms with Gasteiger partial charge in [-0.05, 0) is 19.3 Å². The molecule has 1 rings (SSSR count). The molecule has 1 unspecified atom stereocenters. The number of hydrogen-bond donors (Lipinski definition) is 2. The van der Waals surface area contributed by atoms with Gasteiger partial charge in [-0.1, -0.05) is 0 Å². The van der Waals surface area contributed by atoms with Crippen molar-refractivity contribution in [2.24, 2.45) is 0 Å². The van der Waals surface area contributed by atoms with E-state index in [0.717, 1.165) is 6.42 Å². The summed E-state index contributed by atoms with van der Waals surface area (Å²) in [4.78, 5) is 0. The van der Waals surface area contributed by atoms with E-state index in [9.17, 15) is 8.42 Å². The van der Waals surface area contributed by atoms with Gasteiger partial charge in [-0.3, -0.25) is 4.55 Å². The van der Waals surface area contributed by atoms with E-state index in [1.165, 1.54) is 0 Å². The summed E-state index contributed by atoms with van der Waals surface area (Å²) in [7, 11) is -4.19. The molecule has 0 aromatic heterocycles. The minimum absolute atomic E-state index is 0.208. The van der Waals surface area contributed by atoms with Crippen molar-refractivity contribution in [2.75, 3.05) is 6.54 Å². The van der Waals surface area contributed by atoms with Crippen molar-refractivity contribution >= 4 is 10.3 Å². The van der Waals surface area contributed by atoms with Gasteiger partial charge in [0.05, 0.1) is 0 Å². The van der Waals surface area contributed by atoms with Crippen molar-refractivity contribution in [3.8, 4) is 0 Å². The lowest BCUT2D eigenvalue weighted by atomic mass is 10.1. The van der Waals surface area contributed by atoms with Crippen LogP contribution >= 0.6 is 0 Å². The Labute approximate surface area is 65.5 Å². The van der Waals surface area contributed by atoms with Crippen LogP contribution in [0.5, 0.6) is 0 Å². The largest absolute Gasteiger partial charge is 0.377 e. The first kappa shape index (κ1) is 8.92. The summed E-state index contributed by atoms with van der Waals surface area (Å²) >= 11 is 0. The van der Waals surface area contributed by atoms with Crippen LogP contribution in [0.4, 0.5) is 0 Å². The maximum absolute atomic E-state index is 10.5. The molecule has 0 radical (unpaired) electrons. The molecular weight excluding hydrogens is 170 g/mol. The average molecular weight is 181 g/mol. The molecule has 6 heteroatoms. The minimum atomic E-state index is -4.19. The Bertz CT molecular complexity index is 225. The molecule has 1 aliphatic heterocycles. The third-order valence-electron chi connectivity index (χ3n) is 1.72. The van der Waals surface area contributed by atoms with Gasteiger partial charge in [0.2, 0.25) is 0 Å². The molecule has 2 N–H and O–H groups in total. The Hall–Kier alpha value is -0.170. The van der Waals surface area contributed by atoms with Gasteiger partial charge in [0.15, 0.2) is 0 Å². The molecular formula is C5H11NO4S. The Morgan fingerprint density at radius 1 is 1.36 bits per heavy atom. The quantitative estimate of drug-likeness (QED) is 0.539. The Morgan fingerprint density at radius 3 is 2.36 bits per heavy atom. The molecule has 0 spiro atoms. The smallest absolute Gasteiger partial charge is 0.338 e. The van der Waals surface area contributed by atoms with Crippen molar-refractivity contribution in [3.05, 3.63) is 0 Å². The van der Waals surface area contributed by atoms with Crippen molar-refractivity contribution in [1.29, 1.82) is 0 Å². The van der Waals surface area contributed by atoms with E-state index in [4.69, 9.17) is 9.66 Å². The number of aliphatic hydroxyl groups excluding tert-OH is 1. The summed E-state index contributed by atoms with van der Waals surface area (Å²) < 4.78 is 30.3. The van der Waals surface area contributed by atoms with Gasteiger partial charge < -0.3 is 5.11 Å². The summed E-state index contributed by atoms with van der Waals surface area (Å²) in [5.74, 6) is 0. The summed E-state index contributed by atoms with van der Waals surface area (Å²) in [6.07, 6.45) is 0.850. The summed E-state index contributed by atoms with van der Waals surface area (Å²) in [6.45, 7) is 0.208. The van der Waals surface area contributed by atoms with Crippen LogP contribution in [0, 0.1) is 0 Å². The molecule has 1 atom stereocenters. The van der Waals surface area contributed by atoms with Crippen LogP contribution in [0.3, 0.4) is 0 Å². The van der Waals surface area contributed by atoms with E-state index < -0.39 is 16.5 Å². The monoisotopic (exact) mass is 181 g/mol. The lowest BCUT2D eigenvalue weighted by Gasteiger charge is -2.28. The molecule has 0 aromatic rings. The summed E-state index contributed by atoms with van der Waals surface area (Å²) in [5, 5.41) is 9.09. The number of hydrogen-bond acceptors (Lipinski definition) is 3. The zero-order chi connectivity index (χ0) is 8.48. The molecule has 0 amide bonds. The van der Waals surface area contributed by atoms with E-state index in [-0.39, 0.29) is 6.54 Å². The first-order valence-electron chi connectivity index (χ1n) is 3.44. The molecule has 0 aliphatic carbocycles. The topological polar surface area (TPSA) is 77.8 Å². The van der Waals surface area contributed by atoms with Gasteiger partial charge in [0.25, 0.3) is 0 Å². The summed E-state index contributed by atoms with van der Waals surface area (Å²) in [5.41, 5.74) is 0. The van der Waals surface area contributed by atoms with Gasteiger partial charge in [0.1, 0.15) is 6.23 Å². The van der Waals surface area contributed by atoms with Crippen molar-refractivity contribution < 1.29 is 18.1 Å². The van der Waals surface area contributed by atoms with E-state index in [2.05, 4.69) is 0 Å². The van der Waals surface area contributed by atoms with Crippen molar-refractivity contribution in [2.45, 2.75) is 25.5 Å². The van der Waals surface area contributed by atoms with Crippen LogP contribution in [-0.2, 0) is 10.3 Å². The molecule has 1 saturated heterocycles. The van der Waals surface area contributed by atoms with Crippen LogP contribution in [-0.4, -0.2) is 35.2 Å². The maximum Gasteiger partial charge on any atom is 0.338 e. The molecule has 1 heterocycles. The number of nitrogens with zero attached hydrogens (tertiary/aromatic N) is 1. The first-order chi connectivity index (χ1) is 5.02. The van der Waals surface area contributed by atoms with Crippen LogP contribution in [0.1, 0.15) is 19.3 Å². The second kappa shape index (κ2) is 3.06. The van der Waals surface area contributed by atoms with Crippen molar-refractivity contribution in [1.82, 2.24) is 4.31 Å².